The molecule has 5 heteroatoms. The molecule has 21 heavy (non-hydrogen) atoms. The van der Waals surface area contributed by atoms with Gasteiger partial charge in [0.05, 0.1) is 6.04 Å². The fourth-order valence-electron chi connectivity index (χ4n) is 2.63. The first-order valence-electron chi connectivity index (χ1n) is 7.61. The highest BCUT2D eigenvalue weighted by atomic mass is 16.3. The first kappa shape index (κ1) is 14.2. The minimum atomic E-state index is -0.590. The summed E-state index contributed by atoms with van der Waals surface area (Å²) in [6.45, 7) is 0.845. The summed E-state index contributed by atoms with van der Waals surface area (Å²) in [5.74, 6) is 0.340. The Hall–Kier alpha value is -1.75. The van der Waals surface area contributed by atoms with E-state index in [0.717, 1.165) is 24.9 Å². The SMILES string of the molecule is N[C@@H](Cc1ccc(O)c(O)c1)C(=O)N(CC1CC1)C1CC1. The van der Waals surface area contributed by atoms with Crippen LogP contribution in [-0.4, -0.2) is 39.6 Å². The van der Waals surface area contributed by atoms with E-state index in [1.165, 1.54) is 25.0 Å². The van der Waals surface area contributed by atoms with E-state index >= 15 is 0 Å². The number of hydrogen-bond donors (Lipinski definition) is 3. The number of amides is 1. The first-order chi connectivity index (χ1) is 10.0. The molecular formula is C16H22N2O3. The number of aromatic hydroxyl groups is 2. The maximum Gasteiger partial charge on any atom is 0.240 e. The second kappa shape index (κ2) is 5.56. The van der Waals surface area contributed by atoms with Gasteiger partial charge in [0.25, 0.3) is 0 Å². The van der Waals surface area contributed by atoms with Gasteiger partial charge < -0.3 is 20.8 Å². The maximum absolute atomic E-state index is 12.5. The summed E-state index contributed by atoms with van der Waals surface area (Å²) < 4.78 is 0. The smallest absolute Gasteiger partial charge is 0.240 e. The van der Waals surface area contributed by atoms with Gasteiger partial charge >= 0.3 is 0 Å². The molecule has 2 saturated carbocycles. The van der Waals surface area contributed by atoms with Gasteiger partial charge in [-0.05, 0) is 55.7 Å². The predicted molar refractivity (Wildman–Crippen MR) is 78.9 cm³/mol. The van der Waals surface area contributed by atoms with Gasteiger partial charge in [0, 0.05) is 12.6 Å². The molecule has 0 spiro atoms. The topological polar surface area (TPSA) is 86.8 Å². The minimum Gasteiger partial charge on any atom is -0.504 e. The molecule has 2 aliphatic carbocycles. The van der Waals surface area contributed by atoms with E-state index in [1.807, 2.05) is 4.90 Å². The Morgan fingerprint density at radius 3 is 2.52 bits per heavy atom. The molecule has 114 valence electrons. The van der Waals surface area contributed by atoms with E-state index < -0.39 is 6.04 Å². The van der Waals surface area contributed by atoms with Gasteiger partial charge in [0.15, 0.2) is 11.5 Å². The van der Waals surface area contributed by atoms with Crippen LogP contribution in [0.3, 0.4) is 0 Å². The molecule has 0 unspecified atom stereocenters. The Labute approximate surface area is 124 Å². The van der Waals surface area contributed by atoms with E-state index in [2.05, 4.69) is 0 Å². The van der Waals surface area contributed by atoms with Crippen molar-refractivity contribution in [2.24, 2.45) is 11.7 Å². The van der Waals surface area contributed by atoms with Crippen molar-refractivity contribution in [3.05, 3.63) is 23.8 Å². The van der Waals surface area contributed by atoms with Crippen LogP contribution in [0.4, 0.5) is 0 Å². The lowest BCUT2D eigenvalue weighted by molar-refractivity contribution is -0.133. The molecule has 0 heterocycles. The molecule has 2 fully saturated rings. The Morgan fingerprint density at radius 1 is 1.24 bits per heavy atom. The number of phenolic OH excluding ortho intramolecular Hbond substituents is 2. The van der Waals surface area contributed by atoms with Gasteiger partial charge in [0.1, 0.15) is 0 Å². The monoisotopic (exact) mass is 290 g/mol. The number of nitrogens with zero attached hydrogens (tertiary/aromatic N) is 1. The fourth-order valence-corrected chi connectivity index (χ4v) is 2.63. The number of nitrogens with two attached hydrogens (primary N) is 1. The van der Waals surface area contributed by atoms with Crippen molar-refractivity contribution >= 4 is 5.91 Å². The second-order valence-corrected chi connectivity index (χ2v) is 6.30. The van der Waals surface area contributed by atoms with E-state index in [1.54, 1.807) is 6.07 Å². The largest absolute Gasteiger partial charge is 0.504 e. The first-order valence-corrected chi connectivity index (χ1v) is 7.61. The van der Waals surface area contributed by atoms with Gasteiger partial charge in [-0.3, -0.25) is 4.79 Å². The fraction of sp³-hybridized carbons (Fsp3) is 0.562. The second-order valence-electron chi connectivity index (χ2n) is 6.30. The van der Waals surface area contributed by atoms with Crippen LogP contribution in [0.2, 0.25) is 0 Å². The Bertz CT molecular complexity index is 538. The summed E-state index contributed by atoms with van der Waals surface area (Å²) in [5.41, 5.74) is 6.82. The summed E-state index contributed by atoms with van der Waals surface area (Å²) in [6, 6.07) is 4.37. The minimum absolute atomic E-state index is 0.0111. The summed E-state index contributed by atoms with van der Waals surface area (Å²) in [7, 11) is 0. The molecule has 4 N–H and O–H groups in total. The van der Waals surface area contributed by atoms with Crippen LogP contribution in [0.15, 0.2) is 18.2 Å². The van der Waals surface area contributed by atoms with Gasteiger partial charge in [-0.15, -0.1) is 0 Å². The highest BCUT2D eigenvalue weighted by Gasteiger charge is 2.38. The van der Waals surface area contributed by atoms with Crippen LogP contribution < -0.4 is 5.73 Å². The third kappa shape index (κ3) is 3.47. The Kier molecular flexibility index (Phi) is 3.76. The van der Waals surface area contributed by atoms with Crippen LogP contribution >= 0.6 is 0 Å². The number of rotatable bonds is 6. The van der Waals surface area contributed by atoms with E-state index in [4.69, 9.17) is 5.73 Å². The molecule has 0 aliphatic heterocycles. The molecular weight excluding hydrogens is 268 g/mol. The number of phenols is 2. The predicted octanol–water partition coefficient (Wildman–Crippen LogP) is 1.37. The number of carbonyl (C=O) groups excluding carboxylic acids is 1. The van der Waals surface area contributed by atoms with Gasteiger partial charge in [0.2, 0.25) is 5.91 Å². The van der Waals surface area contributed by atoms with Gasteiger partial charge in [-0.2, -0.15) is 0 Å². The van der Waals surface area contributed by atoms with Crippen molar-refractivity contribution in [1.29, 1.82) is 0 Å². The van der Waals surface area contributed by atoms with E-state index in [0.29, 0.717) is 18.4 Å². The average Bonchev–Trinajstić information content (AvgIpc) is 3.32. The van der Waals surface area contributed by atoms with Gasteiger partial charge in [-0.25, -0.2) is 0 Å². The highest BCUT2D eigenvalue weighted by Crippen LogP contribution is 2.35. The molecule has 0 saturated heterocycles. The number of hydrogen-bond acceptors (Lipinski definition) is 4. The van der Waals surface area contributed by atoms with Crippen molar-refractivity contribution in [1.82, 2.24) is 4.90 Å². The molecule has 5 nitrogen and oxygen atoms in total. The molecule has 3 rings (SSSR count). The lowest BCUT2D eigenvalue weighted by Crippen LogP contribution is -2.46. The van der Waals surface area contributed by atoms with Crippen molar-refractivity contribution in [2.45, 2.75) is 44.2 Å². The summed E-state index contributed by atoms with van der Waals surface area (Å²) in [5, 5.41) is 18.8. The third-order valence-electron chi connectivity index (χ3n) is 4.24. The zero-order valence-corrected chi connectivity index (χ0v) is 12.0. The molecule has 1 aromatic carbocycles. The van der Waals surface area contributed by atoms with Crippen LogP contribution in [0.5, 0.6) is 11.5 Å². The molecule has 1 amide bonds. The zero-order valence-electron chi connectivity index (χ0n) is 12.0. The number of carbonyl (C=O) groups is 1. The molecule has 0 radical (unpaired) electrons. The van der Waals surface area contributed by atoms with Crippen LogP contribution in [0.25, 0.3) is 0 Å². The quantitative estimate of drug-likeness (QED) is 0.691. The summed E-state index contributed by atoms with van der Waals surface area (Å²) in [4.78, 5) is 14.5. The van der Waals surface area contributed by atoms with Crippen molar-refractivity contribution in [3.8, 4) is 11.5 Å². The number of benzene rings is 1. The van der Waals surface area contributed by atoms with Crippen LogP contribution in [0.1, 0.15) is 31.2 Å². The molecule has 0 bridgehead atoms. The molecule has 1 atom stereocenters. The standard InChI is InChI=1S/C16H22N2O3/c17-13(7-11-3-6-14(19)15(20)8-11)16(21)18(12-4-5-12)9-10-1-2-10/h3,6,8,10,12-13,19-20H,1-2,4-5,7,9,17H2/t13-/m0/s1. The zero-order chi connectivity index (χ0) is 15.0. The third-order valence-corrected chi connectivity index (χ3v) is 4.24. The highest BCUT2D eigenvalue weighted by molar-refractivity contribution is 5.82. The van der Waals surface area contributed by atoms with Crippen LogP contribution in [0, 0.1) is 5.92 Å². The Balaban J connectivity index is 1.63. The lowest BCUT2D eigenvalue weighted by atomic mass is 10.0. The van der Waals surface area contributed by atoms with E-state index in [9.17, 15) is 15.0 Å². The van der Waals surface area contributed by atoms with Crippen LogP contribution in [-0.2, 0) is 11.2 Å². The van der Waals surface area contributed by atoms with Crippen molar-refractivity contribution in [2.75, 3.05) is 6.54 Å². The molecule has 0 aromatic heterocycles. The van der Waals surface area contributed by atoms with E-state index in [-0.39, 0.29) is 17.4 Å². The molecule has 1 aromatic rings. The summed E-state index contributed by atoms with van der Waals surface area (Å²) in [6.07, 6.45) is 4.99. The normalized spacial score (nSPS) is 19.3. The molecule has 2 aliphatic rings. The van der Waals surface area contributed by atoms with Crippen molar-refractivity contribution < 1.29 is 15.0 Å². The Morgan fingerprint density at radius 2 is 1.95 bits per heavy atom. The lowest BCUT2D eigenvalue weighted by Gasteiger charge is -2.25. The van der Waals surface area contributed by atoms with Crippen molar-refractivity contribution in [3.63, 3.8) is 0 Å². The van der Waals surface area contributed by atoms with Gasteiger partial charge in [-0.1, -0.05) is 6.07 Å². The average molecular weight is 290 g/mol. The summed E-state index contributed by atoms with van der Waals surface area (Å²) >= 11 is 0. The maximum atomic E-state index is 12.5.